The fourth-order valence-electron chi connectivity index (χ4n) is 3.68. The van der Waals surface area contributed by atoms with Crippen LogP contribution in [0.25, 0.3) is 0 Å². The molecule has 0 unspecified atom stereocenters. The smallest absolute Gasteiger partial charge is 0.257 e. The molecule has 35 heavy (non-hydrogen) atoms. The maximum atomic E-state index is 14.2. The Bertz CT molecular complexity index is 1350. The van der Waals surface area contributed by atoms with Gasteiger partial charge in [0.2, 0.25) is 5.91 Å². The van der Waals surface area contributed by atoms with Crippen molar-refractivity contribution in [2.24, 2.45) is 5.92 Å². The molecule has 1 aliphatic rings. The summed E-state index contributed by atoms with van der Waals surface area (Å²) < 4.78 is 26.2. The second kappa shape index (κ2) is 9.64. The summed E-state index contributed by atoms with van der Waals surface area (Å²) in [7, 11) is 0. The minimum Gasteiger partial charge on any atom is -0.394 e. The molecule has 0 bridgehead atoms. The molecule has 4 N–H and O–H groups in total. The van der Waals surface area contributed by atoms with Crippen LogP contribution in [0, 0.1) is 17.6 Å². The van der Waals surface area contributed by atoms with Gasteiger partial charge in [0.1, 0.15) is 15.8 Å². The highest BCUT2D eigenvalue weighted by Gasteiger charge is 2.67. The molecule has 0 heterocycles. The van der Waals surface area contributed by atoms with Gasteiger partial charge < -0.3 is 16.4 Å². The molecule has 12 heteroatoms. The summed E-state index contributed by atoms with van der Waals surface area (Å²) in [6.07, 6.45) is 0. The number of amides is 2. The van der Waals surface area contributed by atoms with Crippen molar-refractivity contribution in [1.29, 1.82) is 0 Å². The second-order valence-electron chi connectivity index (χ2n) is 7.79. The first-order valence-corrected chi connectivity index (χ1v) is 11.8. The number of alkyl halides is 2. The zero-order valence-corrected chi connectivity index (χ0v) is 21.1. The summed E-state index contributed by atoms with van der Waals surface area (Å²) in [4.78, 5) is 25.6. The van der Waals surface area contributed by atoms with E-state index < -0.39 is 45.3 Å². The summed E-state index contributed by atoms with van der Waals surface area (Å²) in [5.74, 6) is -4.80. The lowest BCUT2D eigenvalue weighted by Crippen LogP contribution is -2.18. The molecular weight excluding hydrogens is 566 g/mol. The maximum absolute atomic E-state index is 14.2. The Labute approximate surface area is 223 Å². The van der Waals surface area contributed by atoms with Gasteiger partial charge in [-0.2, -0.15) is 0 Å². The first-order chi connectivity index (χ1) is 16.4. The molecule has 4 rings (SSSR count). The van der Waals surface area contributed by atoms with Gasteiger partial charge in [-0.15, -0.1) is 23.2 Å². The SMILES string of the molecule is Nc1c(F)ccc(NC(=O)c2cc(NC(=O)[C@@H]3[C@@H](c4cc(Cl)cc(Cl)c4)C3(Cl)Cl)ccc2Cl)c1F. The minimum atomic E-state index is -1.40. The lowest BCUT2D eigenvalue weighted by molar-refractivity contribution is -0.117. The Morgan fingerprint density at radius 1 is 0.914 bits per heavy atom. The van der Waals surface area contributed by atoms with Crippen molar-refractivity contribution in [1.82, 2.24) is 0 Å². The van der Waals surface area contributed by atoms with Gasteiger partial charge in [0.25, 0.3) is 5.91 Å². The summed E-state index contributed by atoms with van der Waals surface area (Å²) >= 11 is 31.0. The Hall–Kier alpha value is -2.29. The van der Waals surface area contributed by atoms with Crippen LogP contribution in [0.5, 0.6) is 0 Å². The quantitative estimate of drug-likeness (QED) is 0.219. The van der Waals surface area contributed by atoms with E-state index in [1.54, 1.807) is 18.2 Å². The normalized spacial score (nSPS) is 18.1. The van der Waals surface area contributed by atoms with Gasteiger partial charge in [-0.05, 0) is 54.1 Å². The molecule has 1 aliphatic carbocycles. The molecule has 1 saturated carbocycles. The molecular formula is C23H14Cl5F2N3O2. The summed E-state index contributed by atoms with van der Waals surface area (Å²) in [5, 5.41) is 5.69. The van der Waals surface area contributed by atoms with Gasteiger partial charge in [0.15, 0.2) is 5.82 Å². The minimum absolute atomic E-state index is 0.0258. The van der Waals surface area contributed by atoms with Crippen molar-refractivity contribution in [3.05, 3.63) is 86.4 Å². The number of nitrogens with two attached hydrogens (primary N) is 1. The number of hydrogen-bond donors (Lipinski definition) is 3. The van der Waals surface area contributed by atoms with Crippen LogP contribution in [0.2, 0.25) is 15.1 Å². The highest BCUT2D eigenvalue weighted by molar-refractivity contribution is 6.53. The van der Waals surface area contributed by atoms with Crippen LogP contribution in [0.15, 0.2) is 48.5 Å². The standard InChI is InChI=1S/C23H14Cl5F2N3O2/c24-10-5-9(6-11(25)7-10)17-18(23(17,27)28)22(35)32-12-1-2-14(26)13(8-12)21(34)33-16-4-3-15(29)20(31)19(16)30/h1-8,17-18H,31H2,(H,32,35)(H,33,34)/t17-,18+/m1/s1. The summed E-state index contributed by atoms with van der Waals surface area (Å²) in [5.41, 5.74) is 4.98. The van der Waals surface area contributed by atoms with Gasteiger partial charge in [0, 0.05) is 21.7 Å². The number of anilines is 3. The Kier molecular flexibility index (Phi) is 7.10. The first kappa shape index (κ1) is 25.8. The average molecular weight is 580 g/mol. The number of rotatable bonds is 5. The molecule has 2 atom stereocenters. The van der Waals surface area contributed by atoms with Gasteiger partial charge in [-0.25, -0.2) is 8.78 Å². The van der Waals surface area contributed by atoms with Crippen molar-refractivity contribution in [2.45, 2.75) is 10.3 Å². The lowest BCUT2D eigenvalue weighted by Gasteiger charge is -2.11. The summed E-state index contributed by atoms with van der Waals surface area (Å²) in [6, 6.07) is 10.8. The van der Waals surface area contributed by atoms with Crippen LogP contribution < -0.4 is 16.4 Å². The molecule has 182 valence electrons. The molecule has 0 saturated heterocycles. The van der Waals surface area contributed by atoms with Crippen molar-refractivity contribution in [2.75, 3.05) is 16.4 Å². The number of benzene rings is 3. The molecule has 0 spiro atoms. The van der Waals surface area contributed by atoms with Crippen molar-refractivity contribution in [3.63, 3.8) is 0 Å². The van der Waals surface area contributed by atoms with E-state index in [1.807, 2.05) is 0 Å². The van der Waals surface area contributed by atoms with E-state index in [2.05, 4.69) is 10.6 Å². The fourth-order valence-corrected chi connectivity index (χ4v) is 5.25. The largest absolute Gasteiger partial charge is 0.394 e. The molecule has 0 aromatic heterocycles. The van der Waals surface area contributed by atoms with E-state index in [4.69, 9.17) is 63.7 Å². The maximum Gasteiger partial charge on any atom is 0.257 e. The zero-order valence-electron chi connectivity index (χ0n) is 17.3. The lowest BCUT2D eigenvalue weighted by atomic mass is 10.1. The first-order valence-electron chi connectivity index (χ1n) is 9.89. The number of halogens is 7. The van der Waals surface area contributed by atoms with Crippen LogP contribution in [0.3, 0.4) is 0 Å². The monoisotopic (exact) mass is 577 g/mol. The highest BCUT2D eigenvalue weighted by Crippen LogP contribution is 2.65. The van der Waals surface area contributed by atoms with Gasteiger partial charge in [-0.1, -0.05) is 34.8 Å². The Morgan fingerprint density at radius 3 is 2.23 bits per heavy atom. The third kappa shape index (κ3) is 5.15. The number of carbonyl (C=O) groups excluding carboxylic acids is 2. The zero-order chi connectivity index (χ0) is 25.7. The van der Waals surface area contributed by atoms with E-state index in [0.717, 1.165) is 12.1 Å². The van der Waals surface area contributed by atoms with E-state index in [0.29, 0.717) is 15.6 Å². The van der Waals surface area contributed by atoms with Crippen molar-refractivity contribution < 1.29 is 18.4 Å². The molecule has 3 aromatic carbocycles. The second-order valence-corrected chi connectivity index (χ2v) is 10.5. The molecule has 5 nitrogen and oxygen atoms in total. The number of nitrogens with one attached hydrogen (secondary N) is 2. The van der Waals surface area contributed by atoms with Crippen molar-refractivity contribution in [3.8, 4) is 0 Å². The Balaban J connectivity index is 1.52. The molecule has 0 radical (unpaired) electrons. The molecule has 2 amide bonds. The molecule has 3 aromatic rings. The predicted octanol–water partition coefficient (Wildman–Crippen LogP) is 7.29. The number of carbonyl (C=O) groups is 2. The molecule has 1 fully saturated rings. The van der Waals surface area contributed by atoms with Gasteiger partial charge in [0.05, 0.1) is 22.2 Å². The van der Waals surface area contributed by atoms with Crippen molar-refractivity contribution >= 4 is 86.9 Å². The van der Waals surface area contributed by atoms with E-state index in [9.17, 15) is 18.4 Å². The summed E-state index contributed by atoms with van der Waals surface area (Å²) in [6.45, 7) is 0. The number of nitrogen functional groups attached to an aromatic ring is 1. The van der Waals surface area contributed by atoms with Crippen LogP contribution in [0.4, 0.5) is 25.8 Å². The van der Waals surface area contributed by atoms with E-state index in [-0.39, 0.29) is 22.0 Å². The predicted molar refractivity (Wildman–Crippen MR) is 136 cm³/mol. The third-order valence-corrected chi connectivity index (χ3v) is 7.14. The number of hydrogen-bond acceptors (Lipinski definition) is 3. The van der Waals surface area contributed by atoms with E-state index >= 15 is 0 Å². The van der Waals surface area contributed by atoms with Gasteiger partial charge in [-0.3, -0.25) is 9.59 Å². The van der Waals surface area contributed by atoms with Gasteiger partial charge >= 0.3 is 0 Å². The van der Waals surface area contributed by atoms with Crippen LogP contribution in [0.1, 0.15) is 21.8 Å². The molecule has 0 aliphatic heterocycles. The Morgan fingerprint density at radius 2 is 1.57 bits per heavy atom. The third-order valence-electron chi connectivity index (χ3n) is 5.43. The van der Waals surface area contributed by atoms with Crippen LogP contribution >= 0.6 is 58.0 Å². The van der Waals surface area contributed by atoms with Crippen LogP contribution in [-0.4, -0.2) is 16.1 Å². The van der Waals surface area contributed by atoms with E-state index in [1.165, 1.54) is 18.2 Å². The fraction of sp³-hybridized carbons (Fsp3) is 0.130. The average Bonchev–Trinajstić information content (AvgIpc) is 3.36. The van der Waals surface area contributed by atoms with Crippen LogP contribution in [-0.2, 0) is 4.79 Å². The highest BCUT2D eigenvalue weighted by atomic mass is 35.5. The topological polar surface area (TPSA) is 84.2 Å².